The predicted octanol–water partition coefficient (Wildman–Crippen LogP) is 3.23. The van der Waals surface area contributed by atoms with Crippen LogP contribution in [0.2, 0.25) is 0 Å². The molecule has 1 aliphatic carbocycles. The van der Waals surface area contributed by atoms with Crippen LogP contribution < -0.4 is 5.32 Å². The smallest absolute Gasteiger partial charge is 0.0939 e. The van der Waals surface area contributed by atoms with Crippen LogP contribution in [0, 0.1) is 5.92 Å². The van der Waals surface area contributed by atoms with Crippen LogP contribution in [0.15, 0.2) is 24.3 Å². The first-order chi connectivity index (χ1) is 8.36. The van der Waals surface area contributed by atoms with E-state index in [2.05, 4.69) is 41.6 Å². The van der Waals surface area contributed by atoms with Crippen LogP contribution in [0.4, 0.5) is 0 Å². The maximum absolute atomic E-state index is 4.69. The van der Waals surface area contributed by atoms with Crippen molar-refractivity contribution in [1.82, 2.24) is 10.3 Å². The highest BCUT2D eigenvalue weighted by Gasteiger charge is 2.29. The predicted molar refractivity (Wildman–Crippen MR) is 73.5 cm³/mol. The van der Waals surface area contributed by atoms with Gasteiger partial charge in [-0.15, -0.1) is 11.3 Å². The van der Waals surface area contributed by atoms with Gasteiger partial charge in [0.15, 0.2) is 0 Å². The van der Waals surface area contributed by atoms with E-state index in [1.54, 1.807) is 0 Å². The monoisotopic (exact) mass is 246 g/mol. The summed E-state index contributed by atoms with van der Waals surface area (Å²) >= 11 is 1.84. The Balaban J connectivity index is 1.67. The number of hydrogen-bond acceptors (Lipinski definition) is 3. The number of aromatic nitrogens is 1. The number of hydrogen-bond donors (Lipinski definition) is 1. The van der Waals surface area contributed by atoms with E-state index in [4.69, 9.17) is 0 Å². The molecule has 2 aromatic rings. The van der Waals surface area contributed by atoms with Crippen molar-refractivity contribution in [3.05, 3.63) is 29.3 Å². The van der Waals surface area contributed by atoms with Crippen molar-refractivity contribution >= 4 is 21.6 Å². The largest absolute Gasteiger partial charge is 0.317 e. The van der Waals surface area contributed by atoms with Crippen molar-refractivity contribution in [3.63, 3.8) is 0 Å². The molecule has 1 fully saturated rings. The van der Waals surface area contributed by atoms with Gasteiger partial charge in [-0.1, -0.05) is 12.1 Å². The van der Waals surface area contributed by atoms with Crippen LogP contribution in [-0.4, -0.2) is 18.1 Å². The third-order valence-electron chi connectivity index (χ3n) is 3.57. The fourth-order valence-electron chi connectivity index (χ4n) is 2.42. The summed E-state index contributed by atoms with van der Waals surface area (Å²) in [5.41, 5.74) is 1.15. The molecule has 3 rings (SSSR count). The second kappa shape index (κ2) is 4.75. The number of thiazole rings is 1. The van der Waals surface area contributed by atoms with Crippen molar-refractivity contribution in [2.45, 2.75) is 31.7 Å². The molecule has 1 aliphatic rings. The Labute approximate surface area is 106 Å². The molecule has 1 unspecified atom stereocenters. The minimum absolute atomic E-state index is 0.696. The minimum atomic E-state index is 0.696. The van der Waals surface area contributed by atoms with Crippen LogP contribution in [0.1, 0.15) is 24.3 Å². The average molecular weight is 246 g/mol. The number of rotatable bonds is 5. The van der Waals surface area contributed by atoms with Gasteiger partial charge in [-0.2, -0.15) is 0 Å². The maximum atomic E-state index is 4.69. The normalized spacial score (nSPS) is 17.5. The molecule has 1 N–H and O–H groups in total. The second-order valence-electron chi connectivity index (χ2n) is 4.85. The fraction of sp³-hybridized carbons (Fsp3) is 0.500. The third-order valence-corrected chi connectivity index (χ3v) is 4.67. The Morgan fingerprint density at radius 2 is 2.24 bits per heavy atom. The molecule has 0 bridgehead atoms. The van der Waals surface area contributed by atoms with Crippen LogP contribution in [0.25, 0.3) is 10.2 Å². The SMILES string of the molecule is CNC(CCc1nc2ccccc2s1)C1CC1. The van der Waals surface area contributed by atoms with E-state index in [-0.39, 0.29) is 0 Å². The van der Waals surface area contributed by atoms with E-state index < -0.39 is 0 Å². The number of benzene rings is 1. The van der Waals surface area contributed by atoms with E-state index in [1.807, 2.05) is 11.3 Å². The lowest BCUT2D eigenvalue weighted by atomic mass is 10.1. The van der Waals surface area contributed by atoms with Gasteiger partial charge in [-0.25, -0.2) is 4.98 Å². The van der Waals surface area contributed by atoms with Gasteiger partial charge < -0.3 is 5.32 Å². The molecule has 17 heavy (non-hydrogen) atoms. The molecular weight excluding hydrogens is 228 g/mol. The lowest BCUT2D eigenvalue weighted by Crippen LogP contribution is -2.27. The zero-order valence-corrected chi connectivity index (χ0v) is 11.0. The highest BCUT2D eigenvalue weighted by atomic mass is 32.1. The minimum Gasteiger partial charge on any atom is -0.317 e. The van der Waals surface area contributed by atoms with Gasteiger partial charge in [0.05, 0.1) is 15.2 Å². The Morgan fingerprint density at radius 1 is 1.41 bits per heavy atom. The Morgan fingerprint density at radius 3 is 2.94 bits per heavy atom. The molecule has 0 amide bonds. The van der Waals surface area contributed by atoms with Crippen LogP contribution >= 0.6 is 11.3 Å². The first kappa shape index (κ1) is 11.2. The number of aryl methyl sites for hydroxylation is 1. The number of nitrogens with zero attached hydrogens (tertiary/aromatic N) is 1. The van der Waals surface area contributed by atoms with Gasteiger partial charge in [0.2, 0.25) is 0 Å². The Kier molecular flexibility index (Phi) is 3.12. The Bertz CT molecular complexity index is 469. The molecular formula is C14H18N2S. The summed E-state index contributed by atoms with van der Waals surface area (Å²) < 4.78 is 1.31. The van der Waals surface area contributed by atoms with E-state index in [1.165, 1.54) is 29.0 Å². The molecule has 0 spiro atoms. The second-order valence-corrected chi connectivity index (χ2v) is 5.96. The molecule has 0 aliphatic heterocycles. The highest BCUT2D eigenvalue weighted by Crippen LogP contribution is 2.34. The van der Waals surface area contributed by atoms with Crippen LogP contribution in [0.5, 0.6) is 0 Å². The molecule has 2 nitrogen and oxygen atoms in total. The summed E-state index contributed by atoms with van der Waals surface area (Å²) in [5.74, 6) is 0.925. The quantitative estimate of drug-likeness (QED) is 0.876. The zero-order chi connectivity index (χ0) is 11.7. The molecule has 90 valence electrons. The van der Waals surface area contributed by atoms with E-state index in [0.29, 0.717) is 6.04 Å². The van der Waals surface area contributed by atoms with Gasteiger partial charge in [0.1, 0.15) is 0 Å². The summed E-state index contributed by atoms with van der Waals surface area (Å²) in [5, 5.41) is 4.73. The lowest BCUT2D eigenvalue weighted by molar-refractivity contribution is 0.470. The number of nitrogens with one attached hydrogen (secondary N) is 1. The lowest BCUT2D eigenvalue weighted by Gasteiger charge is -2.13. The fourth-order valence-corrected chi connectivity index (χ4v) is 3.40. The van der Waals surface area contributed by atoms with Gasteiger partial charge in [0, 0.05) is 12.5 Å². The maximum Gasteiger partial charge on any atom is 0.0939 e. The summed E-state index contributed by atoms with van der Waals surface area (Å²) in [6.45, 7) is 0. The van der Waals surface area contributed by atoms with E-state index in [0.717, 1.165) is 17.9 Å². The molecule has 1 aromatic heterocycles. The van der Waals surface area contributed by atoms with E-state index >= 15 is 0 Å². The van der Waals surface area contributed by atoms with Crippen LogP contribution in [-0.2, 0) is 6.42 Å². The summed E-state index contributed by atoms with van der Waals surface area (Å²) in [4.78, 5) is 4.69. The van der Waals surface area contributed by atoms with Crippen molar-refractivity contribution in [2.24, 2.45) is 5.92 Å². The standard InChI is InChI=1S/C14H18N2S/c1-15-11(10-6-7-10)8-9-14-16-12-4-2-3-5-13(12)17-14/h2-5,10-11,15H,6-9H2,1H3. The van der Waals surface area contributed by atoms with Gasteiger partial charge in [0.25, 0.3) is 0 Å². The first-order valence-corrected chi connectivity index (χ1v) is 7.20. The van der Waals surface area contributed by atoms with Crippen molar-refractivity contribution < 1.29 is 0 Å². The topological polar surface area (TPSA) is 24.9 Å². The van der Waals surface area contributed by atoms with E-state index in [9.17, 15) is 0 Å². The summed E-state index contributed by atoms with van der Waals surface area (Å²) in [7, 11) is 2.08. The average Bonchev–Trinajstić information content (AvgIpc) is 3.09. The highest BCUT2D eigenvalue weighted by molar-refractivity contribution is 7.18. The van der Waals surface area contributed by atoms with Gasteiger partial charge in [-0.05, 0) is 44.4 Å². The molecule has 0 radical (unpaired) electrons. The van der Waals surface area contributed by atoms with Crippen molar-refractivity contribution in [3.8, 4) is 0 Å². The van der Waals surface area contributed by atoms with Crippen molar-refractivity contribution in [2.75, 3.05) is 7.05 Å². The molecule has 0 saturated heterocycles. The zero-order valence-electron chi connectivity index (χ0n) is 10.1. The molecule has 3 heteroatoms. The van der Waals surface area contributed by atoms with Gasteiger partial charge in [-0.3, -0.25) is 0 Å². The molecule has 1 atom stereocenters. The Hall–Kier alpha value is -0.930. The first-order valence-electron chi connectivity index (χ1n) is 6.38. The van der Waals surface area contributed by atoms with Crippen LogP contribution in [0.3, 0.4) is 0 Å². The van der Waals surface area contributed by atoms with Gasteiger partial charge >= 0.3 is 0 Å². The molecule has 1 heterocycles. The molecule has 1 aromatic carbocycles. The molecule has 1 saturated carbocycles. The third kappa shape index (κ3) is 2.50. The summed E-state index contributed by atoms with van der Waals surface area (Å²) in [6, 6.07) is 9.11. The van der Waals surface area contributed by atoms with Crippen molar-refractivity contribution in [1.29, 1.82) is 0 Å². The number of para-hydroxylation sites is 1. The summed E-state index contributed by atoms with van der Waals surface area (Å²) in [6.07, 6.45) is 5.15. The number of fused-ring (bicyclic) bond motifs is 1.